The van der Waals surface area contributed by atoms with Crippen molar-refractivity contribution in [2.75, 3.05) is 13.1 Å². The summed E-state index contributed by atoms with van der Waals surface area (Å²) in [4.78, 5) is 4.55. The van der Waals surface area contributed by atoms with Crippen LogP contribution in [0.15, 0.2) is 35.6 Å². The van der Waals surface area contributed by atoms with Gasteiger partial charge in [-0.05, 0) is 24.1 Å². The molecular weight excluding hydrogens is 397 g/mol. The minimum absolute atomic E-state index is 0.244. The fourth-order valence-corrected chi connectivity index (χ4v) is 2.76. The van der Waals surface area contributed by atoms with Crippen molar-refractivity contribution in [3.8, 4) is 5.75 Å². The number of aromatic nitrogens is 3. The van der Waals surface area contributed by atoms with Crippen LogP contribution in [0, 0.1) is 0 Å². The molecular formula is C20H29F3N6O. The number of unbranched alkanes of at least 4 members (excludes halogenated alkanes) is 2. The summed E-state index contributed by atoms with van der Waals surface area (Å²) in [7, 11) is 0. The van der Waals surface area contributed by atoms with Crippen molar-refractivity contribution in [1.82, 2.24) is 25.4 Å². The van der Waals surface area contributed by atoms with Crippen molar-refractivity contribution in [3.05, 3.63) is 42.0 Å². The number of aryl methyl sites for hydroxylation is 1. The summed E-state index contributed by atoms with van der Waals surface area (Å²) in [5.41, 5.74) is 0.784. The zero-order valence-corrected chi connectivity index (χ0v) is 17.4. The van der Waals surface area contributed by atoms with Crippen molar-refractivity contribution in [2.45, 2.75) is 59.0 Å². The summed E-state index contributed by atoms with van der Waals surface area (Å²) in [6.07, 6.45) is 1.11. The fraction of sp³-hybridized carbons (Fsp3) is 0.550. The minimum atomic E-state index is -4.69. The number of hydrogen-bond acceptors (Lipinski definition) is 4. The van der Waals surface area contributed by atoms with Crippen LogP contribution in [-0.4, -0.2) is 40.2 Å². The molecule has 30 heavy (non-hydrogen) atoms. The largest absolute Gasteiger partial charge is 0.573 e. The Morgan fingerprint density at radius 3 is 2.50 bits per heavy atom. The Bertz CT molecular complexity index is 774. The van der Waals surface area contributed by atoms with Crippen LogP contribution in [0.2, 0.25) is 0 Å². The number of alkyl halides is 3. The van der Waals surface area contributed by atoms with Gasteiger partial charge < -0.3 is 19.9 Å². The number of nitrogens with one attached hydrogen (secondary N) is 2. The second kappa shape index (κ2) is 12.0. The van der Waals surface area contributed by atoms with Crippen molar-refractivity contribution < 1.29 is 17.9 Å². The molecule has 0 aliphatic carbocycles. The van der Waals surface area contributed by atoms with E-state index in [1.165, 1.54) is 12.1 Å². The average molecular weight is 426 g/mol. The Morgan fingerprint density at radius 2 is 1.83 bits per heavy atom. The third-order valence-corrected chi connectivity index (χ3v) is 4.31. The van der Waals surface area contributed by atoms with Gasteiger partial charge in [0.1, 0.15) is 17.9 Å². The quantitative estimate of drug-likeness (QED) is 0.326. The van der Waals surface area contributed by atoms with E-state index < -0.39 is 6.36 Å². The second-order valence-corrected chi connectivity index (χ2v) is 6.71. The molecule has 0 radical (unpaired) electrons. The highest BCUT2D eigenvalue weighted by molar-refractivity contribution is 5.79. The molecule has 0 aliphatic rings. The van der Waals surface area contributed by atoms with E-state index in [9.17, 15) is 13.2 Å². The van der Waals surface area contributed by atoms with Crippen LogP contribution < -0.4 is 15.4 Å². The highest BCUT2D eigenvalue weighted by atomic mass is 19.4. The van der Waals surface area contributed by atoms with E-state index >= 15 is 0 Å². The lowest BCUT2D eigenvalue weighted by Gasteiger charge is -2.13. The van der Waals surface area contributed by atoms with Gasteiger partial charge in [-0.25, -0.2) is 4.99 Å². The van der Waals surface area contributed by atoms with E-state index in [1.54, 1.807) is 18.5 Å². The molecule has 0 saturated heterocycles. The lowest BCUT2D eigenvalue weighted by atomic mass is 10.2. The predicted molar refractivity (Wildman–Crippen MR) is 109 cm³/mol. The van der Waals surface area contributed by atoms with Gasteiger partial charge in [-0.1, -0.05) is 38.8 Å². The summed E-state index contributed by atoms with van der Waals surface area (Å²) in [6, 6.07) is 5.73. The molecule has 0 aliphatic heterocycles. The Kier molecular flexibility index (Phi) is 9.43. The molecule has 166 valence electrons. The summed E-state index contributed by atoms with van der Waals surface area (Å²) in [5, 5.41) is 14.6. The van der Waals surface area contributed by atoms with Crippen LogP contribution in [-0.2, 0) is 19.5 Å². The summed E-state index contributed by atoms with van der Waals surface area (Å²) >= 11 is 0. The minimum Gasteiger partial charge on any atom is -0.406 e. The molecule has 1 aromatic heterocycles. The first-order valence-corrected chi connectivity index (χ1v) is 10.1. The molecule has 1 aromatic carbocycles. The Labute approximate surface area is 174 Å². The van der Waals surface area contributed by atoms with Gasteiger partial charge in [-0.3, -0.25) is 0 Å². The predicted octanol–water partition coefficient (Wildman–Crippen LogP) is 3.66. The molecule has 10 heteroatoms. The summed E-state index contributed by atoms with van der Waals surface area (Å²) in [5.74, 6) is 1.34. The smallest absolute Gasteiger partial charge is 0.406 e. The molecule has 0 unspecified atom stereocenters. The van der Waals surface area contributed by atoms with Gasteiger partial charge in [-0.2, -0.15) is 0 Å². The van der Waals surface area contributed by atoms with Gasteiger partial charge in [0.05, 0.1) is 6.54 Å². The first-order valence-electron chi connectivity index (χ1n) is 10.1. The molecule has 0 spiro atoms. The Morgan fingerprint density at radius 1 is 1.10 bits per heavy atom. The molecule has 0 amide bonds. The highest BCUT2D eigenvalue weighted by Crippen LogP contribution is 2.22. The SMILES string of the molecule is CCCCCNC(=NCc1ccc(OC(F)(F)F)cc1)NCCn1cnnc1CC. The molecule has 0 atom stereocenters. The van der Waals surface area contributed by atoms with Gasteiger partial charge >= 0.3 is 6.36 Å². The number of benzene rings is 1. The van der Waals surface area contributed by atoms with E-state index in [-0.39, 0.29) is 5.75 Å². The maximum Gasteiger partial charge on any atom is 0.573 e. The van der Waals surface area contributed by atoms with Crippen LogP contribution in [0.25, 0.3) is 0 Å². The number of nitrogens with zero attached hydrogens (tertiary/aromatic N) is 4. The van der Waals surface area contributed by atoms with Crippen LogP contribution in [0.4, 0.5) is 13.2 Å². The normalized spacial score (nSPS) is 12.1. The first kappa shape index (κ1) is 23.5. The lowest BCUT2D eigenvalue weighted by Crippen LogP contribution is -2.39. The van der Waals surface area contributed by atoms with Crippen molar-refractivity contribution >= 4 is 5.96 Å². The molecule has 0 bridgehead atoms. The monoisotopic (exact) mass is 426 g/mol. The Balaban J connectivity index is 1.92. The van der Waals surface area contributed by atoms with E-state index in [1.807, 2.05) is 11.5 Å². The molecule has 0 fully saturated rings. The number of halogens is 3. The maximum atomic E-state index is 12.3. The third kappa shape index (κ3) is 8.71. The van der Waals surface area contributed by atoms with Gasteiger partial charge in [0.25, 0.3) is 0 Å². The van der Waals surface area contributed by atoms with Crippen LogP contribution >= 0.6 is 0 Å². The topological polar surface area (TPSA) is 76.4 Å². The highest BCUT2D eigenvalue weighted by Gasteiger charge is 2.30. The van der Waals surface area contributed by atoms with Crippen molar-refractivity contribution in [1.29, 1.82) is 0 Å². The van der Waals surface area contributed by atoms with Crippen LogP contribution in [0.5, 0.6) is 5.75 Å². The third-order valence-electron chi connectivity index (χ3n) is 4.31. The van der Waals surface area contributed by atoms with Gasteiger partial charge in [-0.15, -0.1) is 23.4 Å². The molecule has 7 nitrogen and oxygen atoms in total. The number of guanidine groups is 1. The lowest BCUT2D eigenvalue weighted by molar-refractivity contribution is -0.274. The van der Waals surface area contributed by atoms with Crippen LogP contribution in [0.3, 0.4) is 0 Å². The summed E-state index contributed by atoms with van der Waals surface area (Å²) in [6.45, 7) is 6.65. The molecule has 2 rings (SSSR count). The van der Waals surface area contributed by atoms with Gasteiger partial charge in [0, 0.05) is 26.1 Å². The fourth-order valence-electron chi connectivity index (χ4n) is 2.76. The van der Waals surface area contributed by atoms with E-state index in [2.05, 4.69) is 37.5 Å². The van der Waals surface area contributed by atoms with Gasteiger partial charge in [0.2, 0.25) is 0 Å². The summed E-state index contributed by atoms with van der Waals surface area (Å²) < 4.78 is 42.7. The standard InChI is InChI=1S/C20H29F3N6O/c1-3-5-6-11-24-19(25-12-13-29-15-27-28-18(29)4-2)26-14-16-7-9-17(10-8-16)30-20(21,22)23/h7-10,15H,3-6,11-14H2,1-2H3,(H2,24,25,26). The average Bonchev–Trinajstić information content (AvgIpc) is 3.16. The maximum absolute atomic E-state index is 12.3. The van der Waals surface area contributed by atoms with Gasteiger partial charge in [0.15, 0.2) is 5.96 Å². The number of aliphatic imine (C=N–C) groups is 1. The van der Waals surface area contributed by atoms with E-state index in [0.717, 1.165) is 43.6 Å². The van der Waals surface area contributed by atoms with E-state index in [0.29, 0.717) is 25.6 Å². The molecule has 1 heterocycles. The van der Waals surface area contributed by atoms with Crippen molar-refractivity contribution in [3.63, 3.8) is 0 Å². The molecule has 2 N–H and O–H groups in total. The molecule has 0 saturated carbocycles. The Hall–Kier alpha value is -2.78. The number of rotatable bonds is 11. The number of hydrogen-bond donors (Lipinski definition) is 2. The first-order chi connectivity index (χ1) is 14.4. The van der Waals surface area contributed by atoms with E-state index in [4.69, 9.17) is 0 Å². The molecule has 2 aromatic rings. The van der Waals surface area contributed by atoms with Crippen molar-refractivity contribution in [2.24, 2.45) is 4.99 Å². The zero-order chi connectivity index (χ0) is 21.8. The zero-order valence-electron chi connectivity index (χ0n) is 17.4. The van der Waals surface area contributed by atoms with Crippen LogP contribution in [0.1, 0.15) is 44.5 Å². The number of ether oxygens (including phenoxy) is 1. The second-order valence-electron chi connectivity index (χ2n) is 6.71.